The molecule has 0 fully saturated rings. The molecular formula is C10H18FN3O2. The summed E-state index contributed by atoms with van der Waals surface area (Å²) in [7, 11) is 1.26. The van der Waals surface area contributed by atoms with E-state index in [0.29, 0.717) is 18.7 Å². The molecule has 0 unspecified atom stereocenters. The van der Waals surface area contributed by atoms with Crippen molar-refractivity contribution in [2.24, 2.45) is 16.5 Å². The van der Waals surface area contributed by atoms with Crippen molar-refractivity contribution in [2.75, 3.05) is 13.7 Å². The number of carbonyl (C=O) groups is 1. The van der Waals surface area contributed by atoms with E-state index in [1.807, 2.05) is 0 Å². The second-order valence-electron chi connectivity index (χ2n) is 3.32. The molecule has 4 N–H and O–H groups in total. The summed E-state index contributed by atoms with van der Waals surface area (Å²) in [4.78, 5) is 14.6. The van der Waals surface area contributed by atoms with Gasteiger partial charge in [0.1, 0.15) is 11.9 Å². The van der Waals surface area contributed by atoms with Crippen LogP contribution in [0.1, 0.15) is 19.8 Å². The number of methoxy groups -OCH3 is 1. The number of amidine groups is 1. The number of carbonyl (C=O) groups excluding carboxylic acids is 1. The summed E-state index contributed by atoms with van der Waals surface area (Å²) in [5, 5.41) is 0. The third-order valence-electron chi connectivity index (χ3n) is 1.83. The molecule has 0 spiro atoms. The summed E-state index contributed by atoms with van der Waals surface area (Å²) in [5.74, 6) is -0.554. The summed E-state index contributed by atoms with van der Waals surface area (Å²) in [5.41, 5.74) is 10.7. The predicted molar refractivity (Wildman–Crippen MR) is 60.6 cm³/mol. The lowest BCUT2D eigenvalue weighted by atomic mass is 10.1. The molecule has 0 aliphatic rings. The molecule has 0 heterocycles. The fourth-order valence-corrected chi connectivity index (χ4v) is 0.954. The minimum absolute atomic E-state index is 0.0736. The molecule has 0 aromatic carbocycles. The highest BCUT2D eigenvalue weighted by Gasteiger charge is 2.11. The van der Waals surface area contributed by atoms with Gasteiger partial charge in [0.05, 0.1) is 19.5 Å². The van der Waals surface area contributed by atoms with Crippen LogP contribution in [0.4, 0.5) is 4.39 Å². The maximum absolute atomic E-state index is 13.0. The quantitative estimate of drug-likeness (QED) is 0.395. The third-order valence-corrected chi connectivity index (χ3v) is 1.83. The summed E-state index contributed by atoms with van der Waals surface area (Å²) in [6.45, 7) is 1.51. The topological polar surface area (TPSA) is 90.7 Å². The van der Waals surface area contributed by atoms with Crippen LogP contribution in [-0.4, -0.2) is 31.5 Å². The van der Waals surface area contributed by atoms with Crippen molar-refractivity contribution in [1.82, 2.24) is 0 Å². The summed E-state index contributed by atoms with van der Waals surface area (Å²) < 4.78 is 17.5. The van der Waals surface area contributed by atoms with Crippen LogP contribution >= 0.6 is 0 Å². The number of ether oxygens (including phenoxy) is 1. The fraction of sp³-hybridized carbons (Fsp3) is 0.600. The standard InChI is InChI=1S/C10H18FN3O2/c1-7(12)14-6-8(11)4-3-5-9(13)10(15)16-2/h4,9H,3,5-6,13H2,1-2H3,(H2,12,14)/b8-4+/t9-/m1/s1. The number of allylic oxidation sites excluding steroid dienone is 1. The van der Waals surface area contributed by atoms with Crippen LogP contribution in [0.5, 0.6) is 0 Å². The van der Waals surface area contributed by atoms with E-state index in [2.05, 4.69) is 9.73 Å². The number of halogens is 1. The molecule has 5 nitrogen and oxygen atoms in total. The van der Waals surface area contributed by atoms with Gasteiger partial charge in [0.2, 0.25) is 0 Å². The van der Waals surface area contributed by atoms with Gasteiger partial charge in [0.15, 0.2) is 0 Å². The average Bonchev–Trinajstić information content (AvgIpc) is 2.24. The van der Waals surface area contributed by atoms with Crippen molar-refractivity contribution in [3.8, 4) is 0 Å². The lowest BCUT2D eigenvalue weighted by molar-refractivity contribution is -0.142. The van der Waals surface area contributed by atoms with E-state index in [1.54, 1.807) is 6.92 Å². The molecule has 0 aromatic rings. The van der Waals surface area contributed by atoms with Gasteiger partial charge in [-0.25, -0.2) is 4.39 Å². The normalized spacial score (nSPS) is 14.8. The van der Waals surface area contributed by atoms with E-state index in [1.165, 1.54) is 13.2 Å². The molecule has 0 rings (SSSR count). The zero-order chi connectivity index (χ0) is 12.6. The van der Waals surface area contributed by atoms with Gasteiger partial charge >= 0.3 is 5.97 Å². The van der Waals surface area contributed by atoms with Gasteiger partial charge < -0.3 is 16.2 Å². The predicted octanol–water partition coefficient (Wildman–Crippen LogP) is 0.497. The minimum atomic E-state index is -0.714. The molecule has 6 heteroatoms. The molecule has 0 aliphatic heterocycles. The van der Waals surface area contributed by atoms with E-state index in [4.69, 9.17) is 11.5 Å². The maximum Gasteiger partial charge on any atom is 0.322 e. The van der Waals surface area contributed by atoms with Crippen LogP contribution in [0, 0.1) is 0 Å². The Labute approximate surface area is 94.3 Å². The van der Waals surface area contributed by atoms with Gasteiger partial charge in [-0.1, -0.05) is 6.08 Å². The number of nitrogens with two attached hydrogens (primary N) is 2. The van der Waals surface area contributed by atoms with Crippen molar-refractivity contribution in [3.05, 3.63) is 11.9 Å². The molecule has 0 saturated carbocycles. The molecule has 92 valence electrons. The van der Waals surface area contributed by atoms with Gasteiger partial charge in [0.25, 0.3) is 0 Å². The monoisotopic (exact) mass is 231 g/mol. The summed E-state index contributed by atoms with van der Waals surface area (Å²) in [6.07, 6.45) is 2.04. The molecule has 0 aliphatic carbocycles. The number of hydrogen-bond donors (Lipinski definition) is 2. The third kappa shape index (κ3) is 6.94. The molecule has 0 aromatic heterocycles. The van der Waals surface area contributed by atoms with Crippen LogP contribution in [0.25, 0.3) is 0 Å². The van der Waals surface area contributed by atoms with E-state index >= 15 is 0 Å². The zero-order valence-electron chi connectivity index (χ0n) is 9.57. The Morgan fingerprint density at radius 3 is 2.75 bits per heavy atom. The molecule has 16 heavy (non-hydrogen) atoms. The highest BCUT2D eigenvalue weighted by molar-refractivity contribution is 5.77. The van der Waals surface area contributed by atoms with Crippen LogP contribution in [0.15, 0.2) is 16.9 Å². The SMILES string of the molecule is COC(=O)[C@H](N)CC/C=C(/F)CN=C(C)N. The van der Waals surface area contributed by atoms with Gasteiger partial charge in [-0.2, -0.15) is 0 Å². The van der Waals surface area contributed by atoms with Crippen LogP contribution in [0.3, 0.4) is 0 Å². The van der Waals surface area contributed by atoms with E-state index in [-0.39, 0.29) is 12.4 Å². The van der Waals surface area contributed by atoms with Crippen molar-refractivity contribution in [2.45, 2.75) is 25.8 Å². The Bertz CT molecular complexity index is 286. The Hall–Kier alpha value is -1.43. The van der Waals surface area contributed by atoms with Gasteiger partial charge in [-0.15, -0.1) is 0 Å². The fourth-order valence-electron chi connectivity index (χ4n) is 0.954. The summed E-state index contributed by atoms with van der Waals surface area (Å²) in [6, 6.07) is -0.714. The van der Waals surface area contributed by atoms with Gasteiger partial charge in [-0.3, -0.25) is 9.79 Å². The van der Waals surface area contributed by atoms with Gasteiger partial charge in [0, 0.05) is 0 Å². The van der Waals surface area contributed by atoms with E-state index < -0.39 is 12.0 Å². The Balaban J connectivity index is 3.91. The van der Waals surface area contributed by atoms with Crippen LogP contribution in [0.2, 0.25) is 0 Å². The molecular weight excluding hydrogens is 213 g/mol. The highest BCUT2D eigenvalue weighted by Crippen LogP contribution is 2.04. The second kappa shape index (κ2) is 7.81. The van der Waals surface area contributed by atoms with Crippen molar-refractivity contribution >= 4 is 11.8 Å². The number of hydrogen-bond acceptors (Lipinski definition) is 4. The van der Waals surface area contributed by atoms with E-state index in [9.17, 15) is 9.18 Å². The minimum Gasteiger partial charge on any atom is -0.468 e. The highest BCUT2D eigenvalue weighted by atomic mass is 19.1. The molecule has 0 bridgehead atoms. The number of esters is 1. The molecule has 0 saturated heterocycles. The summed E-state index contributed by atoms with van der Waals surface area (Å²) >= 11 is 0. The first-order chi connectivity index (χ1) is 7.47. The second-order valence-corrected chi connectivity index (χ2v) is 3.32. The maximum atomic E-state index is 13.0. The van der Waals surface area contributed by atoms with Crippen molar-refractivity contribution < 1.29 is 13.9 Å². The van der Waals surface area contributed by atoms with Crippen molar-refractivity contribution in [3.63, 3.8) is 0 Å². The number of aliphatic imine (C=N–C) groups is 1. The van der Waals surface area contributed by atoms with E-state index in [0.717, 1.165) is 0 Å². The average molecular weight is 231 g/mol. The lowest BCUT2D eigenvalue weighted by Crippen LogP contribution is -2.31. The lowest BCUT2D eigenvalue weighted by Gasteiger charge is -2.06. The first-order valence-corrected chi connectivity index (χ1v) is 4.91. The first-order valence-electron chi connectivity index (χ1n) is 4.91. The number of rotatable bonds is 6. The Morgan fingerprint density at radius 1 is 1.62 bits per heavy atom. The zero-order valence-corrected chi connectivity index (χ0v) is 9.57. The van der Waals surface area contributed by atoms with Crippen LogP contribution < -0.4 is 11.5 Å². The van der Waals surface area contributed by atoms with Crippen LogP contribution in [-0.2, 0) is 9.53 Å². The number of nitrogens with zero attached hydrogens (tertiary/aromatic N) is 1. The smallest absolute Gasteiger partial charge is 0.322 e. The Kier molecular flexibility index (Phi) is 7.11. The molecule has 0 radical (unpaired) electrons. The Morgan fingerprint density at radius 2 is 2.25 bits per heavy atom. The molecule has 0 amide bonds. The largest absolute Gasteiger partial charge is 0.468 e. The molecule has 1 atom stereocenters. The van der Waals surface area contributed by atoms with Gasteiger partial charge in [-0.05, 0) is 19.8 Å². The van der Waals surface area contributed by atoms with Crippen molar-refractivity contribution in [1.29, 1.82) is 0 Å². The first kappa shape index (κ1) is 14.6.